The van der Waals surface area contributed by atoms with Gasteiger partial charge >= 0.3 is 0 Å². The van der Waals surface area contributed by atoms with Crippen molar-refractivity contribution in [3.05, 3.63) is 0 Å². The van der Waals surface area contributed by atoms with E-state index in [1.54, 1.807) is 0 Å². The molecule has 17 heavy (non-hydrogen) atoms. The van der Waals surface area contributed by atoms with Crippen LogP contribution < -0.4 is 5.73 Å². The minimum atomic E-state index is -0.347. The first-order valence-electron chi connectivity index (χ1n) is 7.25. The van der Waals surface area contributed by atoms with E-state index in [9.17, 15) is 5.11 Å². The highest BCUT2D eigenvalue weighted by atomic mass is 16.3. The van der Waals surface area contributed by atoms with Gasteiger partial charge in [0, 0.05) is 12.1 Å². The van der Waals surface area contributed by atoms with E-state index in [1.807, 2.05) is 0 Å². The zero-order valence-corrected chi connectivity index (χ0v) is 11.6. The largest absolute Gasteiger partial charge is 0.394 e. The fraction of sp³-hybridized carbons (Fsp3) is 1.00. The number of rotatable bonds is 7. The summed E-state index contributed by atoms with van der Waals surface area (Å²) in [5.41, 5.74) is 5.75. The maximum Gasteiger partial charge on any atom is 0.0611 e. The van der Waals surface area contributed by atoms with Crippen LogP contribution in [0.3, 0.4) is 0 Å². The van der Waals surface area contributed by atoms with E-state index in [0.29, 0.717) is 0 Å². The maximum atomic E-state index is 9.26. The first kappa shape index (κ1) is 14.9. The van der Waals surface area contributed by atoms with Crippen molar-refractivity contribution in [2.45, 2.75) is 57.9 Å². The zero-order chi connectivity index (χ0) is 12.7. The Hall–Kier alpha value is -0.120. The van der Waals surface area contributed by atoms with Crippen LogP contribution in [0.4, 0.5) is 0 Å². The molecule has 0 radical (unpaired) electrons. The molecule has 0 spiro atoms. The lowest BCUT2D eigenvalue weighted by Gasteiger charge is -2.33. The zero-order valence-electron chi connectivity index (χ0n) is 11.6. The smallest absolute Gasteiger partial charge is 0.0611 e. The molecule has 1 rings (SSSR count). The van der Waals surface area contributed by atoms with Crippen molar-refractivity contribution in [2.75, 3.05) is 26.2 Å². The molecule has 1 saturated heterocycles. The molecule has 1 heterocycles. The fourth-order valence-electron chi connectivity index (χ4n) is 2.71. The third-order valence-corrected chi connectivity index (χ3v) is 4.35. The summed E-state index contributed by atoms with van der Waals surface area (Å²) in [6, 6.07) is 0. The molecule has 1 aliphatic heterocycles. The van der Waals surface area contributed by atoms with Gasteiger partial charge in [0.1, 0.15) is 0 Å². The molecule has 3 N–H and O–H groups in total. The predicted octanol–water partition coefficient (Wildman–Crippen LogP) is 1.99. The Morgan fingerprint density at radius 1 is 1.41 bits per heavy atom. The van der Waals surface area contributed by atoms with Gasteiger partial charge < -0.3 is 15.7 Å². The van der Waals surface area contributed by atoms with E-state index in [4.69, 9.17) is 5.73 Å². The van der Waals surface area contributed by atoms with E-state index in [0.717, 1.165) is 31.7 Å². The Labute approximate surface area is 106 Å². The first-order valence-corrected chi connectivity index (χ1v) is 7.25. The molecule has 0 aromatic rings. The average molecular weight is 242 g/mol. The topological polar surface area (TPSA) is 49.5 Å². The van der Waals surface area contributed by atoms with Gasteiger partial charge in [-0.2, -0.15) is 0 Å². The lowest BCUT2D eigenvalue weighted by atomic mass is 9.91. The van der Waals surface area contributed by atoms with E-state index in [2.05, 4.69) is 18.7 Å². The summed E-state index contributed by atoms with van der Waals surface area (Å²) < 4.78 is 0. The fourth-order valence-corrected chi connectivity index (χ4v) is 2.71. The molecule has 1 fully saturated rings. The molecular weight excluding hydrogens is 212 g/mol. The summed E-state index contributed by atoms with van der Waals surface area (Å²) in [5, 5.41) is 9.26. The Balaban J connectivity index is 2.21. The van der Waals surface area contributed by atoms with Crippen LogP contribution in [-0.4, -0.2) is 41.8 Å². The summed E-state index contributed by atoms with van der Waals surface area (Å²) in [5.74, 6) is 0.899. The monoisotopic (exact) mass is 242 g/mol. The van der Waals surface area contributed by atoms with Crippen LogP contribution in [0, 0.1) is 5.92 Å². The minimum absolute atomic E-state index is 0.112. The Kier molecular flexibility index (Phi) is 6.45. The number of nitrogens with zero attached hydrogens (tertiary/aromatic N) is 1. The van der Waals surface area contributed by atoms with Crippen LogP contribution in [-0.2, 0) is 0 Å². The number of likely N-dealkylation sites (tertiary alicyclic amines) is 1. The highest BCUT2D eigenvalue weighted by molar-refractivity contribution is 4.82. The Bertz CT molecular complexity index is 204. The van der Waals surface area contributed by atoms with Crippen LogP contribution in [0.5, 0.6) is 0 Å². The van der Waals surface area contributed by atoms with Gasteiger partial charge in [-0.25, -0.2) is 0 Å². The van der Waals surface area contributed by atoms with Gasteiger partial charge in [0.15, 0.2) is 0 Å². The second kappa shape index (κ2) is 7.34. The van der Waals surface area contributed by atoms with Crippen molar-refractivity contribution in [1.82, 2.24) is 4.90 Å². The first-order chi connectivity index (χ1) is 8.13. The molecule has 0 amide bonds. The normalized spacial score (nSPS) is 25.8. The van der Waals surface area contributed by atoms with Gasteiger partial charge in [-0.15, -0.1) is 0 Å². The molecule has 0 aliphatic carbocycles. The molecule has 0 saturated carbocycles. The number of nitrogens with two attached hydrogens (primary N) is 1. The van der Waals surface area contributed by atoms with Gasteiger partial charge in [0.25, 0.3) is 0 Å². The molecule has 3 heteroatoms. The van der Waals surface area contributed by atoms with Gasteiger partial charge in [-0.1, -0.05) is 20.3 Å². The second-order valence-electron chi connectivity index (χ2n) is 5.69. The van der Waals surface area contributed by atoms with Gasteiger partial charge in [-0.3, -0.25) is 0 Å². The SMILES string of the molecule is CCC1CCCN(CCCC(N)(CC)CO)C1. The van der Waals surface area contributed by atoms with Gasteiger partial charge in [0.05, 0.1) is 6.61 Å². The summed E-state index contributed by atoms with van der Waals surface area (Å²) in [4.78, 5) is 2.57. The van der Waals surface area contributed by atoms with Crippen LogP contribution in [0.2, 0.25) is 0 Å². The summed E-state index contributed by atoms with van der Waals surface area (Å²) in [6.07, 6.45) is 6.97. The molecule has 1 aliphatic rings. The summed E-state index contributed by atoms with van der Waals surface area (Å²) in [7, 11) is 0. The minimum Gasteiger partial charge on any atom is -0.394 e. The summed E-state index contributed by atoms with van der Waals surface area (Å²) in [6.45, 7) is 8.13. The standard InChI is InChI=1S/C14H30N2O/c1-3-13-7-5-9-16(11-13)10-6-8-14(15,4-2)12-17/h13,17H,3-12,15H2,1-2H3. The van der Waals surface area contributed by atoms with E-state index in [-0.39, 0.29) is 12.1 Å². The van der Waals surface area contributed by atoms with E-state index < -0.39 is 0 Å². The Morgan fingerprint density at radius 3 is 2.76 bits per heavy atom. The van der Waals surface area contributed by atoms with Crippen molar-refractivity contribution in [1.29, 1.82) is 0 Å². The molecule has 0 aromatic heterocycles. The highest BCUT2D eigenvalue weighted by Crippen LogP contribution is 2.20. The van der Waals surface area contributed by atoms with Gasteiger partial charge in [0.2, 0.25) is 0 Å². The Morgan fingerprint density at radius 2 is 2.18 bits per heavy atom. The van der Waals surface area contributed by atoms with Crippen LogP contribution in [0.15, 0.2) is 0 Å². The molecular formula is C14H30N2O. The predicted molar refractivity (Wildman–Crippen MR) is 73.0 cm³/mol. The molecule has 0 aromatic carbocycles. The van der Waals surface area contributed by atoms with Crippen molar-refractivity contribution in [2.24, 2.45) is 11.7 Å². The molecule has 0 bridgehead atoms. The quantitative estimate of drug-likeness (QED) is 0.718. The number of piperidine rings is 1. The maximum absolute atomic E-state index is 9.26. The molecule has 2 atom stereocenters. The van der Waals surface area contributed by atoms with Crippen molar-refractivity contribution in [3.63, 3.8) is 0 Å². The van der Waals surface area contributed by atoms with Gasteiger partial charge in [-0.05, 0) is 51.1 Å². The van der Waals surface area contributed by atoms with Crippen LogP contribution in [0.1, 0.15) is 52.4 Å². The van der Waals surface area contributed by atoms with E-state index >= 15 is 0 Å². The number of aliphatic hydroxyl groups is 1. The lowest BCUT2D eigenvalue weighted by Crippen LogP contribution is -2.44. The second-order valence-corrected chi connectivity index (χ2v) is 5.69. The van der Waals surface area contributed by atoms with Crippen molar-refractivity contribution >= 4 is 0 Å². The third-order valence-electron chi connectivity index (χ3n) is 4.35. The highest BCUT2D eigenvalue weighted by Gasteiger charge is 2.22. The number of hydrogen-bond acceptors (Lipinski definition) is 3. The van der Waals surface area contributed by atoms with Crippen molar-refractivity contribution in [3.8, 4) is 0 Å². The third kappa shape index (κ3) is 4.94. The molecule has 102 valence electrons. The lowest BCUT2D eigenvalue weighted by molar-refractivity contribution is 0.148. The van der Waals surface area contributed by atoms with Crippen LogP contribution >= 0.6 is 0 Å². The average Bonchev–Trinajstić information content (AvgIpc) is 2.39. The molecule has 2 unspecified atom stereocenters. The van der Waals surface area contributed by atoms with Crippen LogP contribution in [0.25, 0.3) is 0 Å². The number of aliphatic hydroxyl groups excluding tert-OH is 1. The van der Waals surface area contributed by atoms with Crippen molar-refractivity contribution < 1.29 is 5.11 Å². The number of hydrogen-bond donors (Lipinski definition) is 2. The van der Waals surface area contributed by atoms with E-state index in [1.165, 1.54) is 32.4 Å². The molecule has 3 nitrogen and oxygen atoms in total. The summed E-state index contributed by atoms with van der Waals surface area (Å²) >= 11 is 0.